The monoisotopic (exact) mass is 422 g/mol. The van der Waals surface area contributed by atoms with E-state index in [4.69, 9.17) is 5.73 Å². The third kappa shape index (κ3) is 3.71. The van der Waals surface area contributed by atoms with Gasteiger partial charge in [0, 0.05) is 22.8 Å². The molecule has 7 heteroatoms. The standard InChI is InChI=1S/C23H20F2N4S/c1-2-6-18(19(25)13-26)21-22(27-17-11-9-16(24)10-12-17)29-20(14-30-23(29)28-21)15-7-4-3-5-8-15/h2-4,6-7,9-14,27H,1,5,8,26H2/b18-6+,19-13+. The van der Waals surface area contributed by atoms with Gasteiger partial charge in [0.25, 0.3) is 0 Å². The Kier molecular flexibility index (Phi) is 5.63. The first kappa shape index (κ1) is 19.8. The van der Waals surface area contributed by atoms with Gasteiger partial charge in [-0.1, -0.05) is 37.0 Å². The molecule has 3 N–H and O–H groups in total. The minimum atomic E-state index is -0.607. The van der Waals surface area contributed by atoms with Gasteiger partial charge in [-0.15, -0.1) is 11.3 Å². The number of nitrogens with two attached hydrogens (primary N) is 1. The van der Waals surface area contributed by atoms with Crippen molar-refractivity contribution in [1.82, 2.24) is 9.38 Å². The molecule has 2 aromatic heterocycles. The minimum Gasteiger partial charge on any atom is -0.402 e. The number of hydrogen-bond acceptors (Lipinski definition) is 4. The van der Waals surface area contributed by atoms with Crippen LogP contribution in [0.2, 0.25) is 0 Å². The molecule has 0 saturated carbocycles. The zero-order valence-corrected chi connectivity index (χ0v) is 16.9. The third-order valence-corrected chi connectivity index (χ3v) is 5.58. The Labute approximate surface area is 177 Å². The fourth-order valence-electron chi connectivity index (χ4n) is 3.35. The molecule has 0 amide bonds. The Morgan fingerprint density at radius 1 is 1.30 bits per heavy atom. The van der Waals surface area contributed by atoms with Crippen molar-refractivity contribution in [1.29, 1.82) is 0 Å². The molecule has 1 aromatic carbocycles. The number of rotatable bonds is 6. The van der Waals surface area contributed by atoms with Gasteiger partial charge in [0.2, 0.25) is 0 Å². The predicted molar refractivity (Wildman–Crippen MR) is 121 cm³/mol. The summed E-state index contributed by atoms with van der Waals surface area (Å²) in [5.41, 5.74) is 8.88. The van der Waals surface area contributed by atoms with Gasteiger partial charge < -0.3 is 11.1 Å². The molecule has 3 aromatic rings. The molecule has 0 aliphatic heterocycles. The Bertz CT molecular complexity index is 1210. The number of allylic oxidation sites excluding steroid dienone is 8. The fraction of sp³-hybridized carbons (Fsp3) is 0.0870. The van der Waals surface area contributed by atoms with E-state index < -0.39 is 5.83 Å². The molecule has 0 bridgehead atoms. The highest BCUT2D eigenvalue weighted by molar-refractivity contribution is 7.15. The summed E-state index contributed by atoms with van der Waals surface area (Å²) in [5.74, 6) is -0.364. The van der Waals surface area contributed by atoms with Crippen LogP contribution in [0.15, 0.2) is 78.6 Å². The summed E-state index contributed by atoms with van der Waals surface area (Å²) < 4.78 is 30.0. The van der Waals surface area contributed by atoms with Crippen LogP contribution in [0.1, 0.15) is 24.2 Å². The van der Waals surface area contributed by atoms with Crippen LogP contribution in [0.5, 0.6) is 0 Å². The van der Waals surface area contributed by atoms with Crippen molar-refractivity contribution in [3.63, 3.8) is 0 Å². The molecule has 0 spiro atoms. The average molecular weight is 423 g/mol. The van der Waals surface area contributed by atoms with Gasteiger partial charge in [-0.25, -0.2) is 13.8 Å². The number of imidazole rings is 1. The van der Waals surface area contributed by atoms with E-state index in [0.717, 1.165) is 24.7 Å². The molecular weight excluding hydrogens is 402 g/mol. The highest BCUT2D eigenvalue weighted by Crippen LogP contribution is 2.38. The Morgan fingerprint density at radius 3 is 2.77 bits per heavy atom. The average Bonchev–Trinajstić information content (AvgIpc) is 3.34. The lowest BCUT2D eigenvalue weighted by atomic mass is 10.0. The van der Waals surface area contributed by atoms with E-state index >= 15 is 0 Å². The number of halogens is 2. The maximum atomic E-state index is 14.6. The SMILES string of the molecule is C=C/C=C(\C(F)=C/N)c1nc2scc(C3=CC=CCC3)n2c1Nc1ccc(F)cc1. The number of aromatic nitrogens is 2. The molecule has 0 unspecified atom stereocenters. The van der Waals surface area contributed by atoms with Crippen LogP contribution >= 0.6 is 11.3 Å². The van der Waals surface area contributed by atoms with Crippen molar-refractivity contribution >= 4 is 38.9 Å². The maximum absolute atomic E-state index is 14.6. The fourth-order valence-corrected chi connectivity index (χ4v) is 4.26. The molecule has 152 valence electrons. The van der Waals surface area contributed by atoms with E-state index in [2.05, 4.69) is 29.0 Å². The molecule has 4 nitrogen and oxygen atoms in total. The van der Waals surface area contributed by atoms with E-state index in [1.165, 1.54) is 41.2 Å². The topological polar surface area (TPSA) is 55.3 Å². The summed E-state index contributed by atoms with van der Waals surface area (Å²) in [6, 6.07) is 5.98. The smallest absolute Gasteiger partial charge is 0.196 e. The first-order valence-corrected chi connectivity index (χ1v) is 10.3. The molecule has 1 aliphatic carbocycles. The normalized spacial score (nSPS) is 14.8. The van der Waals surface area contributed by atoms with E-state index in [-0.39, 0.29) is 11.4 Å². The highest BCUT2D eigenvalue weighted by Gasteiger charge is 2.23. The van der Waals surface area contributed by atoms with Crippen LogP contribution in [0.4, 0.5) is 20.3 Å². The molecule has 0 saturated heterocycles. The molecule has 30 heavy (non-hydrogen) atoms. The summed E-state index contributed by atoms with van der Waals surface area (Å²) in [6.45, 7) is 3.68. The first-order valence-electron chi connectivity index (χ1n) is 9.42. The van der Waals surface area contributed by atoms with Gasteiger partial charge in [0.1, 0.15) is 23.2 Å². The van der Waals surface area contributed by atoms with Crippen molar-refractivity contribution in [2.24, 2.45) is 5.73 Å². The predicted octanol–water partition coefficient (Wildman–Crippen LogP) is 6.35. The lowest BCUT2D eigenvalue weighted by Gasteiger charge is -2.13. The molecule has 0 atom stereocenters. The second-order valence-corrected chi connectivity index (χ2v) is 7.51. The number of fused-ring (bicyclic) bond motifs is 1. The highest BCUT2D eigenvalue weighted by atomic mass is 32.1. The third-order valence-electron chi connectivity index (χ3n) is 4.76. The molecule has 0 radical (unpaired) electrons. The molecule has 2 heterocycles. The van der Waals surface area contributed by atoms with Crippen molar-refractivity contribution in [2.45, 2.75) is 12.8 Å². The van der Waals surface area contributed by atoms with Gasteiger partial charge >= 0.3 is 0 Å². The zero-order valence-electron chi connectivity index (χ0n) is 16.1. The van der Waals surface area contributed by atoms with Crippen molar-refractivity contribution in [3.05, 3.63) is 95.8 Å². The van der Waals surface area contributed by atoms with E-state index in [0.29, 0.717) is 22.2 Å². The Hall–Kier alpha value is -3.45. The van der Waals surface area contributed by atoms with Crippen molar-refractivity contribution in [2.75, 3.05) is 5.32 Å². The zero-order chi connectivity index (χ0) is 21.1. The van der Waals surface area contributed by atoms with Gasteiger partial charge in [0.05, 0.1) is 5.69 Å². The first-order chi connectivity index (χ1) is 14.6. The summed E-state index contributed by atoms with van der Waals surface area (Å²) in [6.07, 6.45) is 12.0. The quantitative estimate of drug-likeness (QED) is 0.455. The second kappa shape index (κ2) is 8.51. The van der Waals surface area contributed by atoms with E-state index in [9.17, 15) is 8.78 Å². The van der Waals surface area contributed by atoms with Crippen LogP contribution in [-0.2, 0) is 0 Å². The van der Waals surface area contributed by atoms with Gasteiger partial charge in [-0.05, 0) is 42.7 Å². The van der Waals surface area contributed by atoms with Gasteiger partial charge in [-0.3, -0.25) is 4.40 Å². The molecule has 0 fully saturated rings. The van der Waals surface area contributed by atoms with Crippen LogP contribution in [-0.4, -0.2) is 9.38 Å². The molecule has 1 aliphatic rings. The lowest BCUT2D eigenvalue weighted by molar-refractivity contribution is 0.628. The summed E-state index contributed by atoms with van der Waals surface area (Å²) in [7, 11) is 0. The number of hydrogen-bond donors (Lipinski definition) is 2. The summed E-state index contributed by atoms with van der Waals surface area (Å²) in [5, 5.41) is 5.33. The number of thiazole rings is 1. The Morgan fingerprint density at radius 2 is 2.10 bits per heavy atom. The van der Waals surface area contributed by atoms with Crippen molar-refractivity contribution in [3.8, 4) is 0 Å². The molecular formula is C23H20F2N4S. The summed E-state index contributed by atoms with van der Waals surface area (Å²) >= 11 is 1.47. The summed E-state index contributed by atoms with van der Waals surface area (Å²) in [4.78, 5) is 5.39. The maximum Gasteiger partial charge on any atom is 0.196 e. The van der Waals surface area contributed by atoms with Crippen LogP contribution in [0, 0.1) is 5.82 Å². The Balaban J connectivity index is 1.94. The number of nitrogens with one attached hydrogen (secondary N) is 1. The van der Waals surface area contributed by atoms with Gasteiger partial charge in [0.15, 0.2) is 4.96 Å². The van der Waals surface area contributed by atoms with E-state index in [1.807, 2.05) is 15.9 Å². The molecule has 4 rings (SSSR count). The minimum absolute atomic E-state index is 0.219. The van der Waals surface area contributed by atoms with Crippen LogP contribution in [0.25, 0.3) is 16.1 Å². The number of benzene rings is 1. The van der Waals surface area contributed by atoms with Crippen LogP contribution < -0.4 is 11.1 Å². The van der Waals surface area contributed by atoms with Crippen LogP contribution in [0.3, 0.4) is 0 Å². The van der Waals surface area contributed by atoms with E-state index in [1.54, 1.807) is 12.1 Å². The largest absolute Gasteiger partial charge is 0.402 e. The lowest BCUT2D eigenvalue weighted by Crippen LogP contribution is -2.02. The number of nitrogens with zero attached hydrogens (tertiary/aromatic N) is 2. The van der Waals surface area contributed by atoms with Gasteiger partial charge in [-0.2, -0.15) is 0 Å². The number of anilines is 2. The second-order valence-electron chi connectivity index (χ2n) is 6.67. The van der Waals surface area contributed by atoms with Crippen molar-refractivity contribution < 1.29 is 8.78 Å².